The Balaban J connectivity index is 2.07. The van der Waals surface area contributed by atoms with E-state index in [1.807, 2.05) is 6.92 Å². The summed E-state index contributed by atoms with van der Waals surface area (Å²) >= 11 is 0. The number of aliphatic hydroxyl groups is 1. The average Bonchev–Trinajstić information content (AvgIpc) is 2.61. The molecule has 0 aliphatic carbocycles. The Hall–Kier alpha value is -2.80. The number of aliphatic hydroxyl groups excluding tert-OH is 1. The molecule has 2 aromatic rings. The topological polar surface area (TPSA) is 55.8 Å². The third-order valence-corrected chi connectivity index (χ3v) is 5.02. The molecule has 0 bridgehead atoms. The lowest BCUT2D eigenvalue weighted by Gasteiger charge is -2.40. The number of ether oxygens (including phenoxy) is 2. The van der Waals surface area contributed by atoms with Crippen LogP contribution in [0, 0.1) is 6.92 Å². The van der Waals surface area contributed by atoms with Crippen molar-refractivity contribution >= 4 is 11.4 Å². The first-order chi connectivity index (χ1) is 13.7. The van der Waals surface area contributed by atoms with Crippen molar-refractivity contribution in [2.24, 2.45) is 0 Å². The Kier molecular flexibility index (Phi) is 5.23. The number of carbonyl (C=O) groups excluding carboxylic acids is 1. The van der Waals surface area contributed by atoms with Crippen molar-refractivity contribution in [3.8, 4) is 16.9 Å². The molecule has 0 amide bonds. The van der Waals surface area contributed by atoms with Gasteiger partial charge in [-0.05, 0) is 75.1 Å². The van der Waals surface area contributed by atoms with Gasteiger partial charge in [0.15, 0.2) is 5.78 Å². The number of ketones is 1. The Morgan fingerprint density at radius 1 is 0.933 bits per heavy atom. The normalized spacial score (nSPS) is 18.5. The van der Waals surface area contributed by atoms with E-state index >= 15 is 0 Å². The van der Waals surface area contributed by atoms with Crippen molar-refractivity contribution in [2.45, 2.75) is 52.2 Å². The minimum absolute atomic E-state index is 0.152. The second kappa shape index (κ2) is 7.16. The van der Waals surface area contributed by atoms with E-state index in [1.54, 1.807) is 45.9 Å². The molecule has 7 heteroatoms. The fourth-order valence-corrected chi connectivity index (χ4v) is 3.61. The number of rotatable bonds is 3. The van der Waals surface area contributed by atoms with Gasteiger partial charge in [-0.15, -0.1) is 13.2 Å². The monoisotopic (exact) mass is 420 g/mol. The summed E-state index contributed by atoms with van der Waals surface area (Å²) in [5, 5.41) is 10.8. The highest BCUT2D eigenvalue weighted by molar-refractivity contribution is 6.26. The molecule has 3 rings (SSSR count). The van der Waals surface area contributed by atoms with Gasteiger partial charge < -0.3 is 14.6 Å². The number of aryl methyl sites for hydroxylation is 1. The summed E-state index contributed by atoms with van der Waals surface area (Å²) in [6.45, 7) is 8.51. The van der Waals surface area contributed by atoms with Crippen LogP contribution in [0.1, 0.15) is 38.8 Å². The summed E-state index contributed by atoms with van der Waals surface area (Å²) < 4.78 is 46.8. The van der Waals surface area contributed by atoms with Crippen LogP contribution in [0.5, 0.6) is 5.75 Å². The van der Waals surface area contributed by atoms with Crippen LogP contribution < -0.4 is 4.74 Å². The molecule has 30 heavy (non-hydrogen) atoms. The van der Waals surface area contributed by atoms with Gasteiger partial charge in [0.2, 0.25) is 0 Å². The molecule has 1 heterocycles. The minimum atomic E-state index is -4.76. The molecule has 0 spiro atoms. The van der Waals surface area contributed by atoms with Crippen LogP contribution in [0.4, 0.5) is 13.2 Å². The molecule has 0 aromatic heterocycles. The van der Waals surface area contributed by atoms with Gasteiger partial charge in [0, 0.05) is 0 Å². The summed E-state index contributed by atoms with van der Waals surface area (Å²) in [6.07, 6.45) is -4.76. The molecular weight excluding hydrogens is 397 g/mol. The van der Waals surface area contributed by atoms with Gasteiger partial charge in [0.1, 0.15) is 22.7 Å². The van der Waals surface area contributed by atoms with Crippen LogP contribution in [0.25, 0.3) is 16.7 Å². The molecule has 0 atom stereocenters. The van der Waals surface area contributed by atoms with Crippen LogP contribution in [0.3, 0.4) is 0 Å². The fourth-order valence-electron chi connectivity index (χ4n) is 3.61. The maximum Gasteiger partial charge on any atom is 0.573 e. The molecule has 0 unspecified atom stereocenters. The molecule has 160 valence electrons. The van der Waals surface area contributed by atoms with E-state index in [4.69, 9.17) is 4.74 Å². The van der Waals surface area contributed by atoms with E-state index in [2.05, 4.69) is 4.74 Å². The largest absolute Gasteiger partial charge is 0.573 e. The van der Waals surface area contributed by atoms with Crippen molar-refractivity contribution < 1.29 is 32.5 Å². The van der Waals surface area contributed by atoms with Gasteiger partial charge >= 0.3 is 6.36 Å². The number of benzene rings is 2. The number of hydrogen-bond acceptors (Lipinski definition) is 4. The standard InChI is InChI=1S/C23H23F3O4/c1-13-6-7-15(14-8-10-16(11-9-14)29-23(24,25)26)12-17(13)18-19(27)21(2,3)30-22(4,5)20(18)28/h6-12,27H,1-5H3. The molecule has 1 aliphatic rings. The quantitative estimate of drug-likeness (QED) is 0.663. The molecule has 0 saturated carbocycles. The van der Waals surface area contributed by atoms with Crippen LogP contribution in [-0.4, -0.2) is 28.5 Å². The van der Waals surface area contributed by atoms with Crippen LogP contribution in [0.15, 0.2) is 48.2 Å². The first-order valence-electron chi connectivity index (χ1n) is 9.37. The SMILES string of the molecule is Cc1ccc(-c2ccc(OC(F)(F)F)cc2)cc1C1=C(O)C(C)(C)OC(C)(C)C1=O. The highest BCUT2D eigenvalue weighted by Gasteiger charge is 2.47. The van der Waals surface area contributed by atoms with Crippen molar-refractivity contribution in [1.29, 1.82) is 0 Å². The highest BCUT2D eigenvalue weighted by Crippen LogP contribution is 2.41. The van der Waals surface area contributed by atoms with E-state index in [9.17, 15) is 23.1 Å². The Morgan fingerprint density at radius 3 is 2.07 bits per heavy atom. The number of halogens is 3. The second-order valence-corrected chi connectivity index (χ2v) is 8.28. The van der Waals surface area contributed by atoms with Crippen molar-refractivity contribution in [3.63, 3.8) is 0 Å². The smallest absolute Gasteiger partial charge is 0.508 e. The fraction of sp³-hybridized carbons (Fsp3) is 0.348. The van der Waals surface area contributed by atoms with E-state index in [0.717, 1.165) is 5.56 Å². The Bertz CT molecular complexity index is 1020. The summed E-state index contributed by atoms with van der Waals surface area (Å²) in [5.41, 5.74) is 0.672. The van der Waals surface area contributed by atoms with Gasteiger partial charge in [-0.2, -0.15) is 0 Å². The molecule has 2 aromatic carbocycles. The lowest BCUT2D eigenvalue weighted by Crippen LogP contribution is -2.49. The van der Waals surface area contributed by atoms with Gasteiger partial charge in [0.05, 0.1) is 5.57 Å². The zero-order valence-electron chi connectivity index (χ0n) is 17.3. The van der Waals surface area contributed by atoms with Crippen LogP contribution in [0.2, 0.25) is 0 Å². The average molecular weight is 420 g/mol. The summed E-state index contributed by atoms with van der Waals surface area (Å²) in [5.74, 6) is -0.809. The van der Waals surface area contributed by atoms with Crippen LogP contribution >= 0.6 is 0 Å². The van der Waals surface area contributed by atoms with Gasteiger partial charge in [-0.3, -0.25) is 4.79 Å². The zero-order valence-corrected chi connectivity index (χ0v) is 17.3. The van der Waals surface area contributed by atoms with Crippen molar-refractivity contribution in [3.05, 3.63) is 59.4 Å². The molecule has 1 aliphatic heterocycles. The number of alkyl halides is 3. The van der Waals surface area contributed by atoms with E-state index in [-0.39, 0.29) is 22.9 Å². The third-order valence-electron chi connectivity index (χ3n) is 5.02. The number of hydrogen-bond donors (Lipinski definition) is 1. The van der Waals surface area contributed by atoms with Crippen LogP contribution in [-0.2, 0) is 9.53 Å². The number of Topliss-reactive ketones (excluding diaryl/α,β-unsaturated/α-hetero) is 1. The van der Waals surface area contributed by atoms with Gasteiger partial charge in [-0.1, -0.05) is 24.3 Å². The second-order valence-electron chi connectivity index (χ2n) is 8.28. The Labute approximate surface area is 172 Å². The van der Waals surface area contributed by atoms with Crippen molar-refractivity contribution in [1.82, 2.24) is 0 Å². The zero-order chi connectivity index (χ0) is 22.5. The predicted octanol–water partition coefficient (Wildman–Crippen LogP) is 5.99. The molecule has 0 saturated heterocycles. The first-order valence-corrected chi connectivity index (χ1v) is 9.37. The molecule has 4 nitrogen and oxygen atoms in total. The molecule has 0 radical (unpaired) electrons. The first kappa shape index (κ1) is 21.9. The van der Waals surface area contributed by atoms with Gasteiger partial charge in [-0.25, -0.2) is 0 Å². The summed E-state index contributed by atoms with van der Waals surface area (Å²) in [6, 6.07) is 10.8. The molecule has 0 fully saturated rings. The lowest BCUT2D eigenvalue weighted by molar-refractivity contribution is -0.274. The third kappa shape index (κ3) is 4.21. The van der Waals surface area contributed by atoms with Crippen molar-refractivity contribution in [2.75, 3.05) is 0 Å². The van der Waals surface area contributed by atoms with E-state index in [0.29, 0.717) is 16.7 Å². The summed E-state index contributed by atoms with van der Waals surface area (Å²) in [4.78, 5) is 13.1. The van der Waals surface area contributed by atoms with E-state index in [1.165, 1.54) is 24.3 Å². The maximum absolute atomic E-state index is 13.1. The lowest BCUT2D eigenvalue weighted by atomic mass is 9.81. The molecular formula is C23H23F3O4. The van der Waals surface area contributed by atoms with Gasteiger partial charge in [0.25, 0.3) is 0 Å². The molecule has 1 N–H and O–H groups in total. The summed E-state index contributed by atoms with van der Waals surface area (Å²) in [7, 11) is 0. The maximum atomic E-state index is 13.1. The minimum Gasteiger partial charge on any atom is -0.508 e. The highest BCUT2D eigenvalue weighted by atomic mass is 19.4. The predicted molar refractivity (Wildman–Crippen MR) is 107 cm³/mol. The van der Waals surface area contributed by atoms with E-state index < -0.39 is 17.6 Å². The number of carbonyl (C=O) groups is 1. The Morgan fingerprint density at radius 2 is 1.50 bits per heavy atom.